The van der Waals surface area contributed by atoms with Gasteiger partial charge in [-0.2, -0.15) is 0 Å². The Kier molecular flexibility index (Phi) is 7.16. The van der Waals surface area contributed by atoms with Crippen molar-refractivity contribution in [1.29, 1.82) is 0 Å². The Morgan fingerprint density at radius 3 is 2.63 bits per heavy atom. The largest absolute Gasteiger partial charge is 0.461 e. The van der Waals surface area contributed by atoms with Crippen LogP contribution >= 0.6 is 0 Å². The van der Waals surface area contributed by atoms with Crippen molar-refractivity contribution < 1.29 is 9.53 Å². The molecule has 1 unspecified atom stereocenters. The standard InChI is InChI=1S/C16H25NO2/c1-13(2)7-6-8-14(3)10-12-19-16(18)15-9-4-5-11-17-15/h4-5,9,11,13-14H,6-8,10,12H2,1-3H3. The number of nitrogens with zero attached hydrogens (tertiary/aromatic N) is 1. The molecule has 0 amide bonds. The fourth-order valence-electron chi connectivity index (χ4n) is 1.93. The van der Waals surface area contributed by atoms with Crippen molar-refractivity contribution in [2.24, 2.45) is 11.8 Å². The highest BCUT2D eigenvalue weighted by atomic mass is 16.5. The molecule has 3 heteroatoms. The number of carbonyl (C=O) groups is 1. The van der Waals surface area contributed by atoms with E-state index in [9.17, 15) is 4.79 Å². The Hall–Kier alpha value is -1.38. The summed E-state index contributed by atoms with van der Waals surface area (Å²) in [4.78, 5) is 15.6. The molecule has 0 aliphatic heterocycles. The summed E-state index contributed by atoms with van der Waals surface area (Å²) >= 11 is 0. The van der Waals surface area contributed by atoms with Crippen LogP contribution in [0.4, 0.5) is 0 Å². The molecule has 0 aliphatic rings. The summed E-state index contributed by atoms with van der Waals surface area (Å²) in [5.41, 5.74) is 0.384. The van der Waals surface area contributed by atoms with Crippen molar-refractivity contribution in [3.63, 3.8) is 0 Å². The highest BCUT2D eigenvalue weighted by molar-refractivity contribution is 5.87. The Labute approximate surface area is 116 Å². The average Bonchev–Trinajstić information content (AvgIpc) is 2.39. The predicted molar refractivity (Wildman–Crippen MR) is 77.0 cm³/mol. The van der Waals surface area contributed by atoms with Gasteiger partial charge in [0.25, 0.3) is 0 Å². The summed E-state index contributed by atoms with van der Waals surface area (Å²) in [7, 11) is 0. The Morgan fingerprint density at radius 1 is 1.21 bits per heavy atom. The monoisotopic (exact) mass is 263 g/mol. The first kappa shape index (κ1) is 15.7. The van der Waals surface area contributed by atoms with Gasteiger partial charge in [0.15, 0.2) is 0 Å². The van der Waals surface area contributed by atoms with Crippen molar-refractivity contribution >= 4 is 5.97 Å². The molecule has 0 aromatic carbocycles. The van der Waals surface area contributed by atoms with E-state index < -0.39 is 0 Å². The molecule has 0 spiro atoms. The maximum atomic E-state index is 11.6. The van der Waals surface area contributed by atoms with Gasteiger partial charge in [-0.3, -0.25) is 0 Å². The molecule has 3 nitrogen and oxygen atoms in total. The van der Waals surface area contributed by atoms with Gasteiger partial charge in [0.1, 0.15) is 5.69 Å². The molecule has 1 atom stereocenters. The number of hydrogen-bond donors (Lipinski definition) is 0. The summed E-state index contributed by atoms with van der Waals surface area (Å²) in [5, 5.41) is 0. The second kappa shape index (κ2) is 8.68. The van der Waals surface area contributed by atoms with Gasteiger partial charge in [0, 0.05) is 6.20 Å². The molecular weight excluding hydrogens is 238 g/mol. The van der Waals surface area contributed by atoms with E-state index >= 15 is 0 Å². The first-order valence-corrected chi connectivity index (χ1v) is 7.17. The molecule has 19 heavy (non-hydrogen) atoms. The molecule has 0 N–H and O–H groups in total. The number of ether oxygens (including phenoxy) is 1. The zero-order valence-electron chi connectivity index (χ0n) is 12.3. The molecule has 1 aromatic rings. The molecule has 0 aliphatic carbocycles. The van der Waals surface area contributed by atoms with E-state index in [0.29, 0.717) is 18.2 Å². The third-order valence-electron chi connectivity index (χ3n) is 3.20. The topological polar surface area (TPSA) is 39.2 Å². The molecule has 1 rings (SSSR count). The lowest BCUT2D eigenvalue weighted by molar-refractivity contribution is 0.0476. The SMILES string of the molecule is CC(C)CCCC(C)CCOC(=O)c1ccccn1. The molecule has 0 fully saturated rings. The number of rotatable bonds is 8. The lowest BCUT2D eigenvalue weighted by atomic mass is 9.98. The maximum absolute atomic E-state index is 11.6. The third kappa shape index (κ3) is 6.94. The van der Waals surface area contributed by atoms with Gasteiger partial charge < -0.3 is 4.74 Å². The number of pyridine rings is 1. The van der Waals surface area contributed by atoms with Gasteiger partial charge in [-0.25, -0.2) is 9.78 Å². The van der Waals surface area contributed by atoms with E-state index in [2.05, 4.69) is 25.8 Å². The summed E-state index contributed by atoms with van der Waals surface area (Å²) < 4.78 is 5.22. The molecule has 1 heterocycles. The zero-order valence-corrected chi connectivity index (χ0v) is 12.3. The fourth-order valence-corrected chi connectivity index (χ4v) is 1.93. The number of aromatic nitrogens is 1. The van der Waals surface area contributed by atoms with Crippen molar-refractivity contribution in [1.82, 2.24) is 4.98 Å². The van der Waals surface area contributed by atoms with Crippen molar-refractivity contribution in [2.45, 2.75) is 46.5 Å². The summed E-state index contributed by atoms with van der Waals surface area (Å²) in [6, 6.07) is 5.25. The normalized spacial score (nSPS) is 12.4. The smallest absolute Gasteiger partial charge is 0.356 e. The number of carbonyl (C=O) groups excluding carboxylic acids is 1. The van der Waals surface area contributed by atoms with E-state index in [-0.39, 0.29) is 5.97 Å². The minimum Gasteiger partial charge on any atom is -0.461 e. The predicted octanol–water partition coefficient (Wildman–Crippen LogP) is 4.09. The van der Waals surface area contributed by atoms with Crippen molar-refractivity contribution in [3.05, 3.63) is 30.1 Å². The molecule has 0 saturated carbocycles. The second-order valence-electron chi connectivity index (χ2n) is 5.57. The molecular formula is C16H25NO2. The second-order valence-corrected chi connectivity index (χ2v) is 5.57. The van der Waals surface area contributed by atoms with Crippen LogP contribution in [-0.4, -0.2) is 17.6 Å². The molecule has 0 bridgehead atoms. The number of hydrogen-bond acceptors (Lipinski definition) is 3. The third-order valence-corrected chi connectivity index (χ3v) is 3.20. The van der Waals surface area contributed by atoms with Crippen molar-refractivity contribution in [3.8, 4) is 0 Å². The molecule has 1 aromatic heterocycles. The summed E-state index contributed by atoms with van der Waals surface area (Å²) in [5.74, 6) is 1.06. The van der Waals surface area contributed by atoms with Crippen LogP contribution in [0.15, 0.2) is 24.4 Å². The summed E-state index contributed by atoms with van der Waals surface area (Å²) in [6.07, 6.45) is 6.27. The number of esters is 1. The van der Waals surface area contributed by atoms with Gasteiger partial charge in [-0.05, 0) is 30.4 Å². The Balaban J connectivity index is 2.14. The van der Waals surface area contributed by atoms with E-state index in [1.54, 1.807) is 24.4 Å². The molecule has 0 saturated heterocycles. The van der Waals surface area contributed by atoms with Crippen LogP contribution in [0.3, 0.4) is 0 Å². The van der Waals surface area contributed by atoms with Gasteiger partial charge >= 0.3 is 5.97 Å². The molecule has 0 radical (unpaired) electrons. The van der Waals surface area contributed by atoms with Crippen LogP contribution in [0.1, 0.15) is 56.9 Å². The minimum absolute atomic E-state index is 0.324. The summed E-state index contributed by atoms with van der Waals surface area (Å²) in [6.45, 7) is 7.20. The Morgan fingerprint density at radius 2 is 2.00 bits per heavy atom. The van der Waals surface area contributed by atoms with Crippen LogP contribution in [0.25, 0.3) is 0 Å². The van der Waals surface area contributed by atoms with E-state index in [4.69, 9.17) is 4.74 Å². The van der Waals surface area contributed by atoms with Gasteiger partial charge in [0.2, 0.25) is 0 Å². The van der Waals surface area contributed by atoms with Crippen LogP contribution in [0.5, 0.6) is 0 Å². The lowest BCUT2D eigenvalue weighted by Gasteiger charge is -2.12. The lowest BCUT2D eigenvalue weighted by Crippen LogP contribution is -2.10. The zero-order chi connectivity index (χ0) is 14.1. The van der Waals surface area contributed by atoms with Crippen LogP contribution in [0, 0.1) is 11.8 Å². The quantitative estimate of drug-likeness (QED) is 0.663. The molecule has 106 valence electrons. The minimum atomic E-state index is -0.324. The van der Waals surface area contributed by atoms with Gasteiger partial charge in [-0.15, -0.1) is 0 Å². The van der Waals surface area contributed by atoms with E-state index in [1.807, 2.05) is 0 Å². The van der Waals surface area contributed by atoms with E-state index in [1.165, 1.54) is 19.3 Å². The highest BCUT2D eigenvalue weighted by Gasteiger charge is 2.09. The van der Waals surface area contributed by atoms with Gasteiger partial charge in [-0.1, -0.05) is 46.1 Å². The van der Waals surface area contributed by atoms with Crippen LogP contribution in [-0.2, 0) is 4.74 Å². The Bertz CT molecular complexity index is 362. The highest BCUT2D eigenvalue weighted by Crippen LogP contribution is 2.15. The maximum Gasteiger partial charge on any atom is 0.356 e. The van der Waals surface area contributed by atoms with Crippen LogP contribution < -0.4 is 0 Å². The average molecular weight is 263 g/mol. The first-order chi connectivity index (χ1) is 9.09. The van der Waals surface area contributed by atoms with Gasteiger partial charge in [0.05, 0.1) is 6.61 Å². The first-order valence-electron chi connectivity index (χ1n) is 7.17. The van der Waals surface area contributed by atoms with Crippen LogP contribution in [0.2, 0.25) is 0 Å². The van der Waals surface area contributed by atoms with E-state index in [0.717, 1.165) is 12.3 Å². The fraction of sp³-hybridized carbons (Fsp3) is 0.625. The van der Waals surface area contributed by atoms with Crippen molar-refractivity contribution in [2.75, 3.05) is 6.61 Å².